The molecule has 2 fully saturated rings. The quantitative estimate of drug-likeness (QED) is 0.904. The van der Waals surface area contributed by atoms with Crippen LogP contribution in [0.3, 0.4) is 0 Å². The van der Waals surface area contributed by atoms with Crippen molar-refractivity contribution in [2.45, 2.75) is 24.9 Å². The smallest absolute Gasteiger partial charge is 0.416 e. The van der Waals surface area contributed by atoms with Crippen molar-refractivity contribution in [3.05, 3.63) is 35.4 Å². The Bertz CT molecular complexity index is 515. The van der Waals surface area contributed by atoms with Crippen LogP contribution in [0.25, 0.3) is 0 Å². The summed E-state index contributed by atoms with van der Waals surface area (Å²) in [5, 5.41) is 3.12. The van der Waals surface area contributed by atoms with Gasteiger partial charge in [-0.2, -0.15) is 13.2 Å². The summed E-state index contributed by atoms with van der Waals surface area (Å²) in [6, 6.07) is 4.81. The number of halogens is 3. The number of ether oxygens (including phenoxy) is 1. The second-order valence-corrected chi connectivity index (χ2v) is 4.97. The molecule has 2 aliphatic rings. The van der Waals surface area contributed by atoms with Crippen LogP contribution in [0.1, 0.15) is 11.1 Å². The van der Waals surface area contributed by atoms with Gasteiger partial charge < -0.3 is 10.1 Å². The number of carbonyl (C=O) groups excluding carboxylic acids is 1. The minimum absolute atomic E-state index is 0.0372. The minimum atomic E-state index is -4.34. The summed E-state index contributed by atoms with van der Waals surface area (Å²) < 4.78 is 42.6. The molecule has 20 heavy (non-hydrogen) atoms. The molecule has 1 aromatic rings. The van der Waals surface area contributed by atoms with Gasteiger partial charge in [0, 0.05) is 19.6 Å². The lowest BCUT2D eigenvalue weighted by Crippen LogP contribution is -2.36. The summed E-state index contributed by atoms with van der Waals surface area (Å²) in [6.07, 6.45) is -4.90. The average Bonchev–Trinajstić information content (AvgIpc) is 2.92. The molecule has 0 radical (unpaired) electrons. The van der Waals surface area contributed by atoms with E-state index in [-0.39, 0.29) is 18.7 Å². The Kier molecular flexibility index (Phi) is 3.08. The fourth-order valence-corrected chi connectivity index (χ4v) is 2.58. The number of carbonyl (C=O) groups is 1. The summed E-state index contributed by atoms with van der Waals surface area (Å²) in [4.78, 5) is 13.3. The second-order valence-electron chi connectivity index (χ2n) is 4.97. The zero-order chi connectivity index (χ0) is 14.3. The first-order chi connectivity index (χ1) is 9.45. The number of hydrogen-bond donors (Lipinski definition) is 1. The summed E-state index contributed by atoms with van der Waals surface area (Å²) >= 11 is 0. The van der Waals surface area contributed by atoms with Gasteiger partial charge in [0.2, 0.25) is 0 Å². The van der Waals surface area contributed by atoms with Crippen LogP contribution in [0.2, 0.25) is 0 Å². The molecule has 2 atom stereocenters. The lowest BCUT2D eigenvalue weighted by atomic mass is 10.1. The number of fused-ring (bicyclic) bond motifs is 1. The van der Waals surface area contributed by atoms with Crippen LogP contribution in [0.15, 0.2) is 24.3 Å². The van der Waals surface area contributed by atoms with E-state index in [2.05, 4.69) is 5.32 Å². The molecule has 108 valence electrons. The van der Waals surface area contributed by atoms with Crippen LogP contribution in [-0.2, 0) is 17.5 Å². The molecule has 0 bridgehead atoms. The van der Waals surface area contributed by atoms with Gasteiger partial charge in [0.1, 0.15) is 6.10 Å². The molecule has 2 heterocycles. The molecule has 2 saturated heterocycles. The SMILES string of the molecule is O=C1OC2CNCC2N1Cc1ccc(C(F)(F)F)cc1. The van der Waals surface area contributed by atoms with Gasteiger partial charge in [-0.3, -0.25) is 4.90 Å². The molecule has 1 aromatic carbocycles. The average molecular weight is 286 g/mol. The van der Waals surface area contributed by atoms with Gasteiger partial charge in [-0.25, -0.2) is 4.79 Å². The number of nitrogens with zero attached hydrogens (tertiary/aromatic N) is 1. The standard InChI is InChI=1S/C13H13F3N2O2/c14-13(15,16)9-3-1-8(2-4-9)7-18-10-5-17-6-11(10)20-12(18)19/h1-4,10-11,17H,5-7H2. The first-order valence-electron chi connectivity index (χ1n) is 6.29. The van der Waals surface area contributed by atoms with E-state index in [1.165, 1.54) is 12.1 Å². The van der Waals surface area contributed by atoms with E-state index in [4.69, 9.17) is 4.74 Å². The Balaban J connectivity index is 1.73. The molecule has 3 rings (SSSR count). The Hall–Kier alpha value is -1.76. The van der Waals surface area contributed by atoms with E-state index >= 15 is 0 Å². The van der Waals surface area contributed by atoms with Crippen molar-refractivity contribution in [3.8, 4) is 0 Å². The zero-order valence-corrected chi connectivity index (χ0v) is 10.5. The summed E-state index contributed by atoms with van der Waals surface area (Å²) in [7, 11) is 0. The molecule has 0 aliphatic carbocycles. The molecule has 0 spiro atoms. The van der Waals surface area contributed by atoms with Gasteiger partial charge in [-0.15, -0.1) is 0 Å². The Morgan fingerprint density at radius 3 is 2.60 bits per heavy atom. The maximum absolute atomic E-state index is 12.5. The molecule has 0 saturated carbocycles. The van der Waals surface area contributed by atoms with Crippen molar-refractivity contribution < 1.29 is 22.7 Å². The highest BCUT2D eigenvalue weighted by Gasteiger charge is 2.44. The van der Waals surface area contributed by atoms with Crippen molar-refractivity contribution in [1.29, 1.82) is 0 Å². The van der Waals surface area contributed by atoms with Crippen LogP contribution in [-0.4, -0.2) is 36.2 Å². The van der Waals surface area contributed by atoms with Crippen molar-refractivity contribution in [2.24, 2.45) is 0 Å². The van der Waals surface area contributed by atoms with Crippen LogP contribution < -0.4 is 5.32 Å². The summed E-state index contributed by atoms with van der Waals surface area (Å²) in [5.41, 5.74) is -0.0341. The lowest BCUT2D eigenvalue weighted by Gasteiger charge is -2.20. The second kappa shape index (κ2) is 4.66. The van der Waals surface area contributed by atoms with E-state index in [0.717, 1.165) is 12.1 Å². The highest BCUT2D eigenvalue weighted by atomic mass is 19.4. The fraction of sp³-hybridized carbons (Fsp3) is 0.462. The number of hydrogen-bond acceptors (Lipinski definition) is 3. The molecule has 0 aromatic heterocycles. The first kappa shape index (κ1) is 13.2. The fourth-order valence-electron chi connectivity index (χ4n) is 2.58. The van der Waals surface area contributed by atoms with Gasteiger partial charge in [0.05, 0.1) is 11.6 Å². The van der Waals surface area contributed by atoms with Crippen molar-refractivity contribution in [1.82, 2.24) is 10.2 Å². The molecule has 2 unspecified atom stereocenters. The maximum atomic E-state index is 12.5. The van der Waals surface area contributed by atoms with E-state index in [1.807, 2.05) is 0 Å². The maximum Gasteiger partial charge on any atom is 0.416 e. The third-order valence-electron chi connectivity index (χ3n) is 3.65. The zero-order valence-electron chi connectivity index (χ0n) is 10.5. The van der Waals surface area contributed by atoms with Crippen molar-refractivity contribution >= 4 is 6.09 Å². The Labute approximate surface area is 113 Å². The van der Waals surface area contributed by atoms with E-state index < -0.39 is 17.8 Å². The number of alkyl halides is 3. The van der Waals surface area contributed by atoms with Crippen LogP contribution in [0, 0.1) is 0 Å². The molecule has 7 heteroatoms. The van der Waals surface area contributed by atoms with Gasteiger partial charge >= 0.3 is 12.3 Å². The summed E-state index contributed by atoms with van der Waals surface area (Å²) in [5.74, 6) is 0. The molecular weight excluding hydrogens is 273 g/mol. The van der Waals surface area contributed by atoms with Crippen LogP contribution in [0.4, 0.5) is 18.0 Å². The number of nitrogens with one attached hydrogen (secondary N) is 1. The van der Waals surface area contributed by atoms with Gasteiger partial charge in [-0.1, -0.05) is 12.1 Å². The predicted octanol–water partition coefficient (Wildman–Crippen LogP) is 2.00. The molecule has 4 nitrogen and oxygen atoms in total. The predicted molar refractivity (Wildman–Crippen MR) is 63.9 cm³/mol. The van der Waals surface area contributed by atoms with Gasteiger partial charge in [0.25, 0.3) is 0 Å². The highest BCUT2D eigenvalue weighted by Crippen LogP contribution is 2.30. The third-order valence-corrected chi connectivity index (χ3v) is 3.65. The van der Waals surface area contributed by atoms with Crippen LogP contribution in [0.5, 0.6) is 0 Å². The molecule has 1 amide bonds. The normalized spacial score (nSPS) is 25.8. The highest BCUT2D eigenvalue weighted by molar-refractivity contribution is 5.71. The Morgan fingerprint density at radius 1 is 1.25 bits per heavy atom. The van der Waals surface area contributed by atoms with E-state index in [1.54, 1.807) is 4.90 Å². The Morgan fingerprint density at radius 2 is 1.95 bits per heavy atom. The topological polar surface area (TPSA) is 41.6 Å². The largest absolute Gasteiger partial charge is 0.442 e. The van der Waals surface area contributed by atoms with Gasteiger partial charge in [-0.05, 0) is 17.7 Å². The molecular formula is C13H13F3N2O2. The number of benzene rings is 1. The first-order valence-corrected chi connectivity index (χ1v) is 6.29. The monoisotopic (exact) mass is 286 g/mol. The number of rotatable bonds is 2. The van der Waals surface area contributed by atoms with E-state index in [0.29, 0.717) is 18.7 Å². The third kappa shape index (κ3) is 2.33. The van der Waals surface area contributed by atoms with Gasteiger partial charge in [0.15, 0.2) is 0 Å². The molecule has 2 aliphatic heterocycles. The van der Waals surface area contributed by atoms with Crippen molar-refractivity contribution in [2.75, 3.05) is 13.1 Å². The summed E-state index contributed by atoms with van der Waals surface area (Å²) in [6.45, 7) is 1.54. The van der Waals surface area contributed by atoms with E-state index in [9.17, 15) is 18.0 Å². The van der Waals surface area contributed by atoms with Crippen LogP contribution >= 0.6 is 0 Å². The lowest BCUT2D eigenvalue weighted by molar-refractivity contribution is -0.137. The number of amides is 1. The minimum Gasteiger partial charge on any atom is -0.442 e. The van der Waals surface area contributed by atoms with Crippen molar-refractivity contribution in [3.63, 3.8) is 0 Å². The molecule has 1 N–H and O–H groups in total.